The van der Waals surface area contributed by atoms with Crippen molar-refractivity contribution in [3.05, 3.63) is 107 Å². The monoisotopic (exact) mass is 650 g/mol. The van der Waals surface area contributed by atoms with Gasteiger partial charge in [0.05, 0.1) is 84.9 Å². The van der Waals surface area contributed by atoms with Crippen LogP contribution in [0.3, 0.4) is 0 Å². The molecular weight excluding hydrogens is 600 g/mol. The molecule has 0 radical (unpaired) electrons. The molecule has 0 bridgehead atoms. The van der Waals surface area contributed by atoms with Gasteiger partial charge in [0.25, 0.3) is 0 Å². The minimum absolute atomic E-state index is 0.0124. The van der Waals surface area contributed by atoms with E-state index in [-0.39, 0.29) is 24.7 Å². The van der Waals surface area contributed by atoms with Crippen LogP contribution in [0, 0.1) is 0 Å². The first kappa shape index (κ1) is 35.6. The van der Waals surface area contributed by atoms with E-state index in [0.717, 1.165) is 27.8 Å². The quantitative estimate of drug-likeness (QED) is 0.390. The molecule has 2 saturated heterocycles. The van der Waals surface area contributed by atoms with Crippen LogP contribution in [-0.4, -0.2) is 102 Å². The molecule has 2 aliphatic rings. The van der Waals surface area contributed by atoms with Gasteiger partial charge in [-0.15, -0.1) is 0 Å². The molecule has 5 rings (SSSR count). The van der Waals surface area contributed by atoms with E-state index in [1.807, 2.05) is 42.5 Å². The zero-order valence-corrected chi connectivity index (χ0v) is 27.3. The summed E-state index contributed by atoms with van der Waals surface area (Å²) in [5.74, 6) is -0.102. The van der Waals surface area contributed by atoms with Gasteiger partial charge in [0.1, 0.15) is 0 Å². The summed E-state index contributed by atoms with van der Waals surface area (Å²) in [6.07, 6.45) is -1.10. The summed E-state index contributed by atoms with van der Waals surface area (Å²) in [6.45, 7) is 7.80. The number of rotatable bonds is 7. The molecule has 0 aliphatic carbocycles. The van der Waals surface area contributed by atoms with Gasteiger partial charge in [0, 0.05) is 37.7 Å². The van der Waals surface area contributed by atoms with Crippen LogP contribution in [-0.2, 0) is 46.3 Å². The molecule has 1 unspecified atom stereocenters. The van der Waals surface area contributed by atoms with Crippen LogP contribution in [0.1, 0.15) is 46.1 Å². The van der Waals surface area contributed by atoms with Gasteiger partial charge in [0.2, 0.25) is 0 Å². The summed E-state index contributed by atoms with van der Waals surface area (Å²) >= 11 is 0. The van der Waals surface area contributed by atoms with E-state index in [1.54, 1.807) is 0 Å². The number of benzene rings is 3. The molecule has 0 aromatic heterocycles. The van der Waals surface area contributed by atoms with Crippen LogP contribution >= 0.6 is 0 Å². The SMILES string of the molecule is NCc1ccc(C2O[C@H](CN3CCOCCOCCOCCOCCOCC3)[C@@H](c3ccccc3)[C@H](c3ccc(CO)cc3)O2)cc1. The van der Waals surface area contributed by atoms with Crippen LogP contribution in [0.25, 0.3) is 0 Å². The predicted octanol–water partition coefficient (Wildman–Crippen LogP) is 3.98. The van der Waals surface area contributed by atoms with E-state index >= 15 is 0 Å². The van der Waals surface area contributed by atoms with Gasteiger partial charge in [-0.3, -0.25) is 4.90 Å². The molecule has 10 heteroatoms. The summed E-state index contributed by atoms with van der Waals surface area (Å²) in [4.78, 5) is 2.35. The molecule has 0 saturated carbocycles. The molecule has 256 valence electrons. The summed E-state index contributed by atoms with van der Waals surface area (Å²) in [5, 5.41) is 9.71. The molecule has 2 heterocycles. The summed E-state index contributed by atoms with van der Waals surface area (Å²) in [6, 6.07) is 26.6. The van der Waals surface area contributed by atoms with Gasteiger partial charge in [-0.1, -0.05) is 78.9 Å². The third-order valence-corrected chi connectivity index (χ3v) is 8.49. The molecule has 0 amide bonds. The van der Waals surface area contributed by atoms with Gasteiger partial charge in [0.15, 0.2) is 6.29 Å². The normalized spacial score (nSPS) is 25.1. The van der Waals surface area contributed by atoms with Crippen LogP contribution in [0.2, 0.25) is 0 Å². The lowest BCUT2D eigenvalue weighted by Gasteiger charge is -2.44. The molecule has 2 aliphatic heterocycles. The van der Waals surface area contributed by atoms with Crippen LogP contribution < -0.4 is 5.73 Å². The Morgan fingerprint density at radius 1 is 0.574 bits per heavy atom. The molecule has 2 fully saturated rings. The van der Waals surface area contributed by atoms with Crippen molar-refractivity contribution < 1.29 is 38.3 Å². The number of aliphatic hydroxyl groups is 1. The fraction of sp³-hybridized carbons (Fsp3) is 0.514. The van der Waals surface area contributed by atoms with Crippen LogP contribution in [0.5, 0.6) is 0 Å². The van der Waals surface area contributed by atoms with Gasteiger partial charge in [-0.05, 0) is 22.3 Å². The topological polar surface area (TPSA) is 114 Å². The average Bonchev–Trinajstić information content (AvgIpc) is 3.12. The molecule has 47 heavy (non-hydrogen) atoms. The molecule has 10 nitrogen and oxygen atoms in total. The van der Waals surface area contributed by atoms with Crippen molar-refractivity contribution in [1.82, 2.24) is 4.90 Å². The maximum atomic E-state index is 9.71. The third-order valence-electron chi connectivity index (χ3n) is 8.49. The standard InChI is InChI=1S/C37H50N2O8/c38-26-29-6-12-33(13-7-29)37-46-34(27-39-14-16-41-18-20-43-22-24-45-25-23-44-21-19-42-17-15-39)35(31-4-2-1-3-5-31)36(47-37)32-10-8-30(28-40)9-11-32/h1-13,34-37,40H,14-28,38H2/t34-,35-,36+,37?/m1/s1. The summed E-state index contributed by atoms with van der Waals surface area (Å²) in [5.41, 5.74) is 10.9. The van der Waals surface area contributed by atoms with E-state index < -0.39 is 6.29 Å². The lowest BCUT2D eigenvalue weighted by molar-refractivity contribution is -0.263. The highest BCUT2D eigenvalue weighted by molar-refractivity contribution is 5.32. The summed E-state index contributed by atoms with van der Waals surface area (Å²) in [7, 11) is 0. The Morgan fingerprint density at radius 3 is 1.62 bits per heavy atom. The largest absolute Gasteiger partial charge is 0.392 e. The number of ether oxygens (including phenoxy) is 7. The Labute approximate surface area is 278 Å². The van der Waals surface area contributed by atoms with Crippen molar-refractivity contribution in [1.29, 1.82) is 0 Å². The minimum atomic E-state index is -0.583. The Morgan fingerprint density at radius 2 is 1.09 bits per heavy atom. The highest BCUT2D eigenvalue weighted by atomic mass is 16.7. The highest BCUT2D eigenvalue weighted by Crippen LogP contribution is 2.47. The maximum Gasteiger partial charge on any atom is 0.184 e. The van der Waals surface area contributed by atoms with Crippen molar-refractivity contribution >= 4 is 0 Å². The zero-order valence-electron chi connectivity index (χ0n) is 27.3. The number of aliphatic hydroxyl groups excluding tert-OH is 1. The Hall–Kier alpha value is -2.74. The fourth-order valence-electron chi connectivity index (χ4n) is 5.89. The van der Waals surface area contributed by atoms with Crippen LogP contribution in [0.4, 0.5) is 0 Å². The summed E-state index contributed by atoms with van der Waals surface area (Å²) < 4.78 is 42.5. The van der Waals surface area contributed by atoms with E-state index in [4.69, 9.17) is 38.9 Å². The van der Waals surface area contributed by atoms with E-state index in [9.17, 15) is 5.11 Å². The highest BCUT2D eigenvalue weighted by Gasteiger charge is 2.42. The number of hydrogen-bond donors (Lipinski definition) is 2. The average molecular weight is 651 g/mol. The predicted molar refractivity (Wildman–Crippen MR) is 178 cm³/mol. The Bertz CT molecular complexity index is 1250. The van der Waals surface area contributed by atoms with Crippen molar-refractivity contribution in [3.8, 4) is 0 Å². The fourth-order valence-corrected chi connectivity index (χ4v) is 5.89. The first-order valence-corrected chi connectivity index (χ1v) is 16.7. The van der Waals surface area contributed by atoms with Crippen LogP contribution in [0.15, 0.2) is 78.9 Å². The zero-order chi connectivity index (χ0) is 32.5. The lowest BCUT2D eigenvalue weighted by atomic mass is 9.83. The van der Waals surface area contributed by atoms with Gasteiger partial charge < -0.3 is 44.0 Å². The molecule has 3 aromatic carbocycles. The third kappa shape index (κ3) is 11.2. The molecule has 4 atom stereocenters. The van der Waals surface area contributed by atoms with Gasteiger partial charge in [-0.25, -0.2) is 0 Å². The lowest BCUT2D eigenvalue weighted by Crippen LogP contribution is -2.46. The Balaban J connectivity index is 1.40. The van der Waals surface area contributed by atoms with Gasteiger partial charge >= 0.3 is 0 Å². The molecular formula is C37H50N2O8. The molecule has 3 aromatic rings. The van der Waals surface area contributed by atoms with E-state index in [2.05, 4.69) is 41.3 Å². The smallest absolute Gasteiger partial charge is 0.184 e. The Kier molecular flexibility index (Phi) is 15.1. The first-order valence-electron chi connectivity index (χ1n) is 16.7. The van der Waals surface area contributed by atoms with Gasteiger partial charge in [-0.2, -0.15) is 0 Å². The van der Waals surface area contributed by atoms with E-state index in [0.29, 0.717) is 92.2 Å². The second-order valence-corrected chi connectivity index (χ2v) is 11.7. The van der Waals surface area contributed by atoms with Crippen molar-refractivity contribution in [2.45, 2.75) is 37.6 Å². The second kappa shape index (κ2) is 19.9. The number of hydrogen-bond acceptors (Lipinski definition) is 10. The molecule has 3 N–H and O–H groups in total. The molecule has 0 spiro atoms. The maximum absolute atomic E-state index is 9.71. The van der Waals surface area contributed by atoms with Crippen molar-refractivity contribution in [3.63, 3.8) is 0 Å². The van der Waals surface area contributed by atoms with Crippen molar-refractivity contribution in [2.75, 3.05) is 85.7 Å². The van der Waals surface area contributed by atoms with Crippen molar-refractivity contribution in [2.24, 2.45) is 5.73 Å². The number of nitrogens with zero attached hydrogens (tertiary/aromatic N) is 1. The minimum Gasteiger partial charge on any atom is -0.392 e. The second-order valence-electron chi connectivity index (χ2n) is 11.7. The number of nitrogens with two attached hydrogens (primary N) is 1. The first-order chi connectivity index (χ1) is 23.2. The van der Waals surface area contributed by atoms with E-state index in [1.165, 1.54) is 0 Å².